The van der Waals surface area contributed by atoms with Crippen LogP contribution in [0.2, 0.25) is 5.02 Å². The number of ether oxygens (including phenoxy) is 1. The molecule has 7 nitrogen and oxygen atoms in total. The topological polar surface area (TPSA) is 91.5 Å². The van der Waals surface area contributed by atoms with E-state index in [0.717, 1.165) is 23.1 Å². The van der Waals surface area contributed by atoms with E-state index in [1.165, 1.54) is 19.2 Å². The van der Waals surface area contributed by atoms with E-state index in [1.807, 2.05) is 0 Å². The van der Waals surface area contributed by atoms with Crippen LogP contribution in [0, 0.1) is 17.5 Å². The number of nitrogens with one attached hydrogen (secondary N) is 2. The molecule has 0 saturated carbocycles. The van der Waals surface area contributed by atoms with Gasteiger partial charge in [0, 0.05) is 18.3 Å². The molecule has 2 N–H and O–H groups in total. The molecule has 0 spiro atoms. The van der Waals surface area contributed by atoms with E-state index in [9.17, 15) is 27.6 Å². The first-order valence-electron chi connectivity index (χ1n) is 8.88. The van der Waals surface area contributed by atoms with Crippen molar-refractivity contribution in [2.45, 2.75) is 6.04 Å². The second kappa shape index (κ2) is 7.62. The lowest BCUT2D eigenvalue weighted by atomic mass is 9.95. The molecule has 160 valence electrons. The molecule has 2 aromatic carbocycles. The predicted octanol–water partition coefficient (Wildman–Crippen LogP) is 3.97. The highest BCUT2D eigenvalue weighted by Crippen LogP contribution is 2.34. The molecule has 0 saturated heterocycles. The number of hydrogen-bond donors (Lipinski definition) is 2. The van der Waals surface area contributed by atoms with Crippen LogP contribution in [-0.4, -0.2) is 35.5 Å². The number of rotatable bonds is 2. The second-order valence-corrected chi connectivity index (χ2v) is 7.25. The lowest BCUT2D eigenvalue weighted by molar-refractivity contribution is 0.0344. The Morgan fingerprint density at radius 1 is 1.13 bits per heavy atom. The Morgan fingerprint density at radius 3 is 2.48 bits per heavy atom. The van der Waals surface area contributed by atoms with Crippen molar-refractivity contribution < 1.29 is 27.5 Å². The Balaban J connectivity index is 1.78. The van der Waals surface area contributed by atoms with Gasteiger partial charge in [-0.3, -0.25) is 4.79 Å². The third kappa shape index (κ3) is 3.59. The number of esters is 1. The number of carbonyl (C=O) groups excluding carboxylic acids is 2. The number of H-pyrrole nitrogens is 1. The molecular weight excluding hydrogens is 439 g/mol. The number of nitrogens with zero attached hydrogens (tertiary/aromatic N) is 1. The number of likely N-dealkylation sites (N-methyl/N-ethyl adjacent to an activating group) is 1. The van der Waals surface area contributed by atoms with Crippen molar-refractivity contribution in [1.82, 2.24) is 9.88 Å². The number of aromatic amines is 1. The van der Waals surface area contributed by atoms with Crippen LogP contribution in [0.1, 0.15) is 22.1 Å². The average molecular weight is 452 g/mol. The molecule has 1 aromatic heterocycles. The minimum Gasteiger partial charge on any atom is -0.458 e. The third-order valence-electron chi connectivity index (χ3n) is 4.97. The second-order valence-electron chi connectivity index (χ2n) is 6.84. The Morgan fingerprint density at radius 2 is 1.81 bits per heavy atom. The number of fused-ring (bicyclic) bond motifs is 3. The zero-order chi connectivity index (χ0) is 22.4. The summed E-state index contributed by atoms with van der Waals surface area (Å²) in [6.45, 7) is -0.292. The summed E-state index contributed by atoms with van der Waals surface area (Å²) in [6, 6.07) is 3.49. The number of anilines is 1. The normalized spacial score (nSPS) is 15.4. The van der Waals surface area contributed by atoms with E-state index in [-0.39, 0.29) is 39.3 Å². The smallest absolute Gasteiger partial charge is 0.355 e. The molecule has 1 aliphatic rings. The van der Waals surface area contributed by atoms with Crippen molar-refractivity contribution in [3.63, 3.8) is 0 Å². The number of hydrogen-bond acceptors (Lipinski definition) is 4. The zero-order valence-corrected chi connectivity index (χ0v) is 16.5. The molecule has 11 heteroatoms. The summed E-state index contributed by atoms with van der Waals surface area (Å²) in [6.07, 6.45) is 0. The molecule has 1 atom stereocenters. The summed E-state index contributed by atoms with van der Waals surface area (Å²) in [5.41, 5.74) is -0.752. The number of benzene rings is 2. The fourth-order valence-electron chi connectivity index (χ4n) is 3.39. The lowest BCUT2D eigenvalue weighted by Crippen LogP contribution is -2.41. The van der Waals surface area contributed by atoms with Crippen LogP contribution in [0.4, 0.5) is 23.7 Å². The monoisotopic (exact) mass is 451 g/mol. The van der Waals surface area contributed by atoms with Crippen LogP contribution in [0.5, 0.6) is 0 Å². The summed E-state index contributed by atoms with van der Waals surface area (Å²) < 4.78 is 46.0. The van der Waals surface area contributed by atoms with Gasteiger partial charge in [-0.1, -0.05) is 11.6 Å². The van der Waals surface area contributed by atoms with Gasteiger partial charge in [-0.15, -0.1) is 0 Å². The molecule has 0 bridgehead atoms. The molecule has 3 aromatic rings. The quantitative estimate of drug-likeness (QED) is 0.577. The first-order chi connectivity index (χ1) is 14.7. The van der Waals surface area contributed by atoms with Gasteiger partial charge in [0.2, 0.25) is 0 Å². The van der Waals surface area contributed by atoms with E-state index in [2.05, 4.69) is 10.3 Å². The van der Waals surface area contributed by atoms with Gasteiger partial charge in [-0.2, -0.15) is 0 Å². The van der Waals surface area contributed by atoms with Crippen LogP contribution in [0.25, 0.3) is 10.8 Å². The number of urea groups is 1. The van der Waals surface area contributed by atoms with Crippen molar-refractivity contribution in [2.75, 3.05) is 19.0 Å². The number of amides is 2. The van der Waals surface area contributed by atoms with Crippen molar-refractivity contribution in [3.8, 4) is 0 Å². The summed E-state index contributed by atoms with van der Waals surface area (Å²) in [7, 11) is 1.38. The number of aromatic nitrogens is 1. The molecule has 4 rings (SSSR count). The maximum absolute atomic E-state index is 14.0. The Hall–Kier alpha value is -3.53. The molecule has 2 amide bonds. The first-order valence-corrected chi connectivity index (χ1v) is 9.26. The molecule has 0 unspecified atom stereocenters. The highest BCUT2D eigenvalue weighted by Gasteiger charge is 2.35. The van der Waals surface area contributed by atoms with E-state index < -0.39 is 41.1 Å². The van der Waals surface area contributed by atoms with Crippen LogP contribution in [0.3, 0.4) is 0 Å². The summed E-state index contributed by atoms with van der Waals surface area (Å²) >= 11 is 5.72. The van der Waals surface area contributed by atoms with Gasteiger partial charge < -0.3 is 19.9 Å². The number of carbonyl (C=O) groups is 2. The van der Waals surface area contributed by atoms with Gasteiger partial charge in [0.05, 0.1) is 16.5 Å². The van der Waals surface area contributed by atoms with Gasteiger partial charge in [-0.05, 0) is 35.7 Å². The largest absolute Gasteiger partial charge is 0.458 e. The van der Waals surface area contributed by atoms with Crippen molar-refractivity contribution in [1.29, 1.82) is 0 Å². The highest BCUT2D eigenvalue weighted by atomic mass is 35.5. The highest BCUT2D eigenvalue weighted by molar-refractivity contribution is 6.31. The minimum atomic E-state index is -1.23. The van der Waals surface area contributed by atoms with E-state index >= 15 is 0 Å². The van der Waals surface area contributed by atoms with Crippen LogP contribution in [-0.2, 0) is 4.74 Å². The fourth-order valence-corrected chi connectivity index (χ4v) is 3.57. The standard InChI is InChI=1S/C20H13ClF3N3O4/c1-27(20(30)25-8-2-3-12(22)11(21)4-8)15-7-31-19(29)17-16(15)9-5-13(23)14(24)6-10(9)18(28)26-17/h2-6,15H,7H2,1H3,(H,25,30)(H,26,28)/t15-/m1/s1. The molecular formula is C20H13ClF3N3O4. The predicted molar refractivity (Wildman–Crippen MR) is 106 cm³/mol. The Kier molecular flexibility index (Phi) is 5.10. The molecule has 1 aliphatic heterocycles. The van der Waals surface area contributed by atoms with E-state index in [0.29, 0.717) is 0 Å². The third-order valence-corrected chi connectivity index (χ3v) is 5.26. The van der Waals surface area contributed by atoms with Gasteiger partial charge >= 0.3 is 12.0 Å². The molecule has 0 fully saturated rings. The van der Waals surface area contributed by atoms with Gasteiger partial charge in [0.15, 0.2) is 11.6 Å². The number of halogens is 4. The van der Waals surface area contributed by atoms with E-state index in [1.54, 1.807) is 0 Å². The molecule has 2 heterocycles. The average Bonchev–Trinajstić information content (AvgIpc) is 2.72. The summed E-state index contributed by atoms with van der Waals surface area (Å²) in [5, 5.41) is 2.11. The lowest BCUT2D eigenvalue weighted by Gasteiger charge is -2.33. The number of cyclic esters (lactones) is 1. The van der Waals surface area contributed by atoms with Crippen molar-refractivity contribution in [2.24, 2.45) is 0 Å². The van der Waals surface area contributed by atoms with Crippen LogP contribution >= 0.6 is 11.6 Å². The van der Waals surface area contributed by atoms with Gasteiger partial charge in [0.25, 0.3) is 5.56 Å². The van der Waals surface area contributed by atoms with Crippen molar-refractivity contribution in [3.05, 3.63) is 74.4 Å². The SMILES string of the molecule is CN(C(=O)Nc1ccc(F)c(Cl)c1)[C@@H]1COC(=O)c2[nH]c(=O)c3cc(F)c(F)cc3c21. The summed E-state index contributed by atoms with van der Waals surface area (Å²) in [5.74, 6) is -3.97. The number of pyridine rings is 1. The Bertz CT molecular complexity index is 1310. The maximum Gasteiger partial charge on any atom is 0.355 e. The van der Waals surface area contributed by atoms with Crippen molar-refractivity contribution >= 4 is 40.1 Å². The molecule has 31 heavy (non-hydrogen) atoms. The first kappa shape index (κ1) is 20.7. The van der Waals surface area contributed by atoms with Gasteiger partial charge in [0.1, 0.15) is 18.1 Å². The van der Waals surface area contributed by atoms with E-state index in [4.69, 9.17) is 16.3 Å². The zero-order valence-electron chi connectivity index (χ0n) is 15.8. The van der Waals surface area contributed by atoms with Crippen LogP contribution < -0.4 is 10.9 Å². The fraction of sp³-hybridized carbons (Fsp3) is 0.150. The summed E-state index contributed by atoms with van der Waals surface area (Å²) in [4.78, 5) is 40.7. The molecule has 0 radical (unpaired) electrons. The Labute approximate surface area is 177 Å². The van der Waals surface area contributed by atoms with Gasteiger partial charge in [-0.25, -0.2) is 22.8 Å². The van der Waals surface area contributed by atoms with Crippen LogP contribution in [0.15, 0.2) is 35.1 Å². The molecule has 0 aliphatic carbocycles. The minimum absolute atomic E-state index is 0.0243. The maximum atomic E-state index is 14.0.